The zero-order valence-electron chi connectivity index (χ0n) is 21.0. The fourth-order valence-corrected chi connectivity index (χ4v) is 5.57. The first-order valence-electron chi connectivity index (χ1n) is 12.4. The summed E-state index contributed by atoms with van der Waals surface area (Å²) in [4.78, 5) is 42.8. The molecular weight excluding hydrogens is 483 g/mol. The second kappa shape index (κ2) is 9.06. The number of benzene rings is 3. The summed E-state index contributed by atoms with van der Waals surface area (Å²) in [5.74, 6) is -1.32. The molecule has 0 fully saturated rings. The predicted molar refractivity (Wildman–Crippen MR) is 139 cm³/mol. The molecule has 0 saturated carbocycles. The molecule has 3 heterocycles. The van der Waals surface area contributed by atoms with Crippen molar-refractivity contribution in [3.05, 3.63) is 112 Å². The summed E-state index contributed by atoms with van der Waals surface area (Å²) in [6.45, 7) is 2.32. The number of hydrogen-bond acceptors (Lipinski definition) is 4. The van der Waals surface area contributed by atoms with Gasteiger partial charge < -0.3 is 4.90 Å². The fourth-order valence-electron chi connectivity index (χ4n) is 5.57. The first-order chi connectivity index (χ1) is 18.3. The average molecular weight is 509 g/mol. The van der Waals surface area contributed by atoms with Crippen LogP contribution in [0.3, 0.4) is 0 Å². The summed E-state index contributed by atoms with van der Waals surface area (Å²) in [6, 6.07) is 18.1. The van der Waals surface area contributed by atoms with Crippen molar-refractivity contribution in [2.45, 2.75) is 25.9 Å². The van der Waals surface area contributed by atoms with Crippen molar-refractivity contribution in [3.8, 4) is 11.3 Å². The zero-order chi connectivity index (χ0) is 26.6. The average Bonchev–Trinajstić information content (AvgIpc) is 3.50. The van der Waals surface area contributed by atoms with Gasteiger partial charge in [-0.2, -0.15) is 5.10 Å². The number of nitrogens with zero attached hydrogens (tertiary/aromatic N) is 4. The van der Waals surface area contributed by atoms with Crippen LogP contribution in [0.4, 0.5) is 4.39 Å². The number of carbonyl (C=O) groups is 3. The highest BCUT2D eigenvalue weighted by molar-refractivity contribution is 6.21. The first kappa shape index (κ1) is 23.8. The van der Waals surface area contributed by atoms with E-state index in [2.05, 4.69) is 5.10 Å². The third-order valence-electron chi connectivity index (χ3n) is 7.40. The largest absolute Gasteiger partial charge is 0.329 e. The van der Waals surface area contributed by atoms with E-state index < -0.39 is 6.04 Å². The summed E-state index contributed by atoms with van der Waals surface area (Å²) in [5, 5.41) is 4.33. The predicted octanol–water partition coefficient (Wildman–Crippen LogP) is 4.40. The number of hydrogen-bond donors (Lipinski definition) is 0. The molecular formula is C30H25FN4O3. The SMILES string of the molecule is Cc1cnn(C)c1-c1ccc2c(c1)CN(C(Cc1cccc(F)c1)CN1C(=O)c3ccccc3C1=O)C2=O. The van der Waals surface area contributed by atoms with Crippen LogP contribution in [0, 0.1) is 12.7 Å². The van der Waals surface area contributed by atoms with E-state index in [1.54, 1.807) is 52.2 Å². The van der Waals surface area contributed by atoms with Crippen molar-refractivity contribution < 1.29 is 18.8 Å². The van der Waals surface area contributed by atoms with Crippen molar-refractivity contribution in [2.75, 3.05) is 6.54 Å². The summed E-state index contributed by atoms with van der Waals surface area (Å²) in [7, 11) is 1.88. The Kier molecular flexibility index (Phi) is 5.67. The summed E-state index contributed by atoms with van der Waals surface area (Å²) in [6.07, 6.45) is 2.09. The molecule has 1 aromatic heterocycles. The summed E-state index contributed by atoms with van der Waals surface area (Å²) in [5.41, 5.74) is 5.80. The monoisotopic (exact) mass is 508 g/mol. The first-order valence-corrected chi connectivity index (χ1v) is 12.4. The van der Waals surface area contributed by atoms with Gasteiger partial charge in [-0.25, -0.2) is 4.39 Å². The van der Waals surface area contributed by atoms with Gasteiger partial charge in [-0.3, -0.25) is 24.0 Å². The number of imide groups is 1. The minimum atomic E-state index is -0.541. The molecule has 190 valence electrons. The molecule has 8 heteroatoms. The second-order valence-electron chi connectivity index (χ2n) is 9.86. The van der Waals surface area contributed by atoms with Gasteiger partial charge in [0, 0.05) is 24.7 Å². The van der Waals surface area contributed by atoms with Crippen LogP contribution in [0.1, 0.15) is 47.8 Å². The molecule has 3 aromatic carbocycles. The van der Waals surface area contributed by atoms with Gasteiger partial charge in [0.2, 0.25) is 0 Å². The third kappa shape index (κ3) is 3.89. The second-order valence-corrected chi connectivity index (χ2v) is 9.86. The minimum Gasteiger partial charge on any atom is -0.329 e. The zero-order valence-corrected chi connectivity index (χ0v) is 21.0. The molecule has 38 heavy (non-hydrogen) atoms. The Balaban J connectivity index is 1.34. The van der Waals surface area contributed by atoms with Crippen LogP contribution in [-0.2, 0) is 20.0 Å². The Morgan fingerprint density at radius 2 is 1.63 bits per heavy atom. The van der Waals surface area contributed by atoms with Crippen molar-refractivity contribution in [3.63, 3.8) is 0 Å². The molecule has 2 aliphatic rings. The molecule has 0 aliphatic carbocycles. The van der Waals surface area contributed by atoms with Gasteiger partial charge in [0.15, 0.2) is 0 Å². The molecule has 0 bridgehead atoms. The lowest BCUT2D eigenvalue weighted by Crippen LogP contribution is -2.47. The molecule has 0 spiro atoms. The van der Waals surface area contributed by atoms with Crippen LogP contribution in [0.25, 0.3) is 11.3 Å². The molecule has 1 unspecified atom stereocenters. The van der Waals surface area contributed by atoms with Gasteiger partial charge in [0.1, 0.15) is 5.82 Å². The Hall–Kier alpha value is -4.59. The number of halogens is 1. The smallest absolute Gasteiger partial charge is 0.261 e. The highest BCUT2D eigenvalue weighted by Gasteiger charge is 2.40. The van der Waals surface area contributed by atoms with E-state index in [1.165, 1.54) is 17.0 Å². The van der Waals surface area contributed by atoms with Gasteiger partial charge in [-0.15, -0.1) is 0 Å². The molecule has 1 atom stereocenters. The quantitative estimate of drug-likeness (QED) is 0.362. The van der Waals surface area contributed by atoms with E-state index in [1.807, 2.05) is 32.2 Å². The molecule has 3 amide bonds. The fraction of sp³-hybridized carbons (Fsp3) is 0.200. The highest BCUT2D eigenvalue weighted by Crippen LogP contribution is 2.32. The maximum Gasteiger partial charge on any atom is 0.261 e. The van der Waals surface area contributed by atoms with Crippen LogP contribution >= 0.6 is 0 Å². The van der Waals surface area contributed by atoms with E-state index in [0.717, 1.165) is 22.4 Å². The van der Waals surface area contributed by atoms with Crippen molar-refractivity contribution in [1.29, 1.82) is 0 Å². The third-order valence-corrected chi connectivity index (χ3v) is 7.40. The van der Waals surface area contributed by atoms with Crippen LogP contribution in [0.5, 0.6) is 0 Å². The molecule has 0 N–H and O–H groups in total. The summed E-state index contributed by atoms with van der Waals surface area (Å²) >= 11 is 0. The van der Waals surface area contributed by atoms with Crippen LogP contribution in [0.2, 0.25) is 0 Å². The van der Waals surface area contributed by atoms with Crippen molar-refractivity contribution in [2.24, 2.45) is 7.05 Å². The van der Waals surface area contributed by atoms with E-state index >= 15 is 0 Å². The normalized spacial score (nSPS) is 15.3. The molecule has 0 saturated heterocycles. The molecule has 7 nitrogen and oxygen atoms in total. The van der Waals surface area contributed by atoms with Gasteiger partial charge in [0.25, 0.3) is 17.7 Å². The lowest BCUT2D eigenvalue weighted by molar-refractivity contribution is 0.0528. The number of fused-ring (bicyclic) bond motifs is 2. The molecule has 6 rings (SSSR count). The Morgan fingerprint density at radius 3 is 2.29 bits per heavy atom. The van der Waals surface area contributed by atoms with Crippen molar-refractivity contribution >= 4 is 17.7 Å². The van der Waals surface area contributed by atoms with Crippen LogP contribution in [-0.4, -0.2) is 49.9 Å². The van der Waals surface area contributed by atoms with E-state index in [9.17, 15) is 18.8 Å². The lowest BCUT2D eigenvalue weighted by Gasteiger charge is -2.31. The number of amides is 3. The van der Waals surface area contributed by atoms with Gasteiger partial charge in [0.05, 0.1) is 35.6 Å². The summed E-state index contributed by atoms with van der Waals surface area (Å²) < 4.78 is 15.8. The van der Waals surface area contributed by atoms with E-state index in [0.29, 0.717) is 35.2 Å². The maximum absolute atomic E-state index is 14.0. The molecule has 2 aliphatic heterocycles. The van der Waals surface area contributed by atoms with Crippen molar-refractivity contribution in [1.82, 2.24) is 19.6 Å². The topological polar surface area (TPSA) is 75.5 Å². The highest BCUT2D eigenvalue weighted by atomic mass is 19.1. The van der Waals surface area contributed by atoms with E-state index in [-0.39, 0.29) is 30.1 Å². The maximum atomic E-state index is 14.0. The van der Waals surface area contributed by atoms with Crippen LogP contribution in [0.15, 0.2) is 72.9 Å². The number of aryl methyl sites for hydroxylation is 2. The van der Waals surface area contributed by atoms with E-state index in [4.69, 9.17) is 0 Å². The standard InChI is InChI=1S/C30H25FN4O3/c1-18-15-32-33(2)27(18)20-10-11-24-21(14-20)16-34(28(24)36)23(13-19-6-5-7-22(31)12-19)17-35-29(37)25-8-3-4-9-26(25)30(35)38/h3-12,14-15,23H,13,16-17H2,1-2H3. The Morgan fingerprint density at radius 1 is 0.895 bits per heavy atom. The van der Waals surface area contributed by atoms with Crippen LogP contribution < -0.4 is 0 Å². The Bertz CT molecular complexity index is 1570. The molecule has 0 radical (unpaired) electrons. The van der Waals surface area contributed by atoms with Gasteiger partial charge in [-0.1, -0.05) is 30.3 Å². The number of aromatic nitrogens is 2. The molecule has 4 aromatic rings. The number of carbonyl (C=O) groups excluding carboxylic acids is 3. The number of rotatable bonds is 6. The van der Waals surface area contributed by atoms with Gasteiger partial charge in [-0.05, 0) is 66.4 Å². The minimum absolute atomic E-state index is 0.0102. The lowest BCUT2D eigenvalue weighted by atomic mass is 10.0. The Labute approximate surface area is 219 Å². The van der Waals surface area contributed by atoms with Gasteiger partial charge >= 0.3 is 0 Å².